The highest BCUT2D eigenvalue weighted by atomic mass is 32.2. The summed E-state index contributed by atoms with van der Waals surface area (Å²) in [4.78, 5) is 40.2. The second-order valence-corrected chi connectivity index (χ2v) is 10.0. The van der Waals surface area contributed by atoms with E-state index >= 15 is 0 Å². The van der Waals surface area contributed by atoms with Gasteiger partial charge in [0, 0.05) is 90.3 Å². The Labute approximate surface area is 208 Å². The Kier molecular flexibility index (Phi) is 13.0. The lowest BCUT2D eigenvalue weighted by Crippen LogP contribution is -2.39. The standard InChI is InChI=1S/C23H41N7O3S/c1-27(12-9-23(33)29-10-4-3-5-11-29)18-20-6-14-30(15-7-20)34-26-17-21(16-24)28(2)13-8-22(32)25-19-31/h16-17,19-20,24,26H,3-15,18H2,1-2H3,(H,25,31,32)/b21-17+,24-16?. The number of hydrogen-bond acceptors (Lipinski definition) is 9. The SMILES string of the molecule is CN(CCC(=O)N1CCCCC1)CC1CCN(SN/C=C(\C=N)N(C)CCC(=O)NC=O)CC1. The largest absolute Gasteiger partial charge is 0.372 e. The predicted octanol–water partition coefficient (Wildman–Crippen LogP) is 1.27. The first-order valence-corrected chi connectivity index (χ1v) is 13.0. The van der Waals surface area contributed by atoms with Gasteiger partial charge in [0.2, 0.25) is 18.2 Å². The summed E-state index contributed by atoms with van der Waals surface area (Å²) in [7, 11) is 3.93. The number of nitrogens with zero attached hydrogens (tertiary/aromatic N) is 4. The molecule has 2 heterocycles. The molecule has 2 aliphatic heterocycles. The van der Waals surface area contributed by atoms with Gasteiger partial charge in [-0.25, -0.2) is 4.31 Å². The van der Waals surface area contributed by atoms with Crippen molar-refractivity contribution in [1.29, 1.82) is 5.41 Å². The Hall–Kier alpha value is -2.11. The monoisotopic (exact) mass is 495 g/mol. The van der Waals surface area contributed by atoms with Gasteiger partial charge in [-0.1, -0.05) is 0 Å². The minimum atomic E-state index is -0.337. The van der Waals surface area contributed by atoms with Crippen LogP contribution in [0, 0.1) is 11.3 Å². The van der Waals surface area contributed by atoms with Crippen molar-refractivity contribution in [1.82, 2.24) is 29.0 Å². The minimum Gasteiger partial charge on any atom is -0.372 e. The van der Waals surface area contributed by atoms with Gasteiger partial charge in [-0.3, -0.25) is 19.7 Å². The lowest BCUT2D eigenvalue weighted by Gasteiger charge is -2.33. The highest BCUT2D eigenvalue weighted by molar-refractivity contribution is 7.95. The first kappa shape index (κ1) is 28.1. The highest BCUT2D eigenvalue weighted by Crippen LogP contribution is 2.22. The molecule has 0 aromatic carbocycles. The molecule has 0 aromatic heterocycles. The Bertz CT molecular complexity index is 692. The van der Waals surface area contributed by atoms with Crippen LogP contribution in [0.4, 0.5) is 0 Å². The first-order valence-electron chi connectivity index (χ1n) is 12.2. The summed E-state index contributed by atoms with van der Waals surface area (Å²) >= 11 is 1.53. The van der Waals surface area contributed by atoms with Crippen LogP contribution in [-0.4, -0.2) is 103 Å². The molecule has 0 aromatic rings. The average Bonchev–Trinajstić information content (AvgIpc) is 2.85. The summed E-state index contributed by atoms with van der Waals surface area (Å²) in [5.41, 5.74) is 0.655. The first-order chi connectivity index (χ1) is 16.4. The Balaban J connectivity index is 1.61. The van der Waals surface area contributed by atoms with E-state index in [0.717, 1.165) is 65.0 Å². The van der Waals surface area contributed by atoms with Crippen molar-refractivity contribution in [3.8, 4) is 0 Å². The van der Waals surface area contributed by atoms with Crippen molar-refractivity contribution in [2.75, 3.05) is 59.9 Å². The second-order valence-electron chi connectivity index (χ2n) is 9.11. The van der Waals surface area contributed by atoms with Crippen LogP contribution in [0.1, 0.15) is 44.9 Å². The van der Waals surface area contributed by atoms with Crippen LogP contribution in [0.3, 0.4) is 0 Å². The Morgan fingerprint density at radius 3 is 2.41 bits per heavy atom. The van der Waals surface area contributed by atoms with Crippen molar-refractivity contribution in [2.24, 2.45) is 5.92 Å². The molecule has 0 saturated carbocycles. The molecule has 0 aliphatic carbocycles. The van der Waals surface area contributed by atoms with E-state index in [9.17, 15) is 14.4 Å². The number of rotatable bonds is 14. The number of carbonyl (C=O) groups is 3. The van der Waals surface area contributed by atoms with Crippen LogP contribution in [0.5, 0.6) is 0 Å². The van der Waals surface area contributed by atoms with Gasteiger partial charge < -0.3 is 24.8 Å². The van der Waals surface area contributed by atoms with Gasteiger partial charge in [0.15, 0.2) is 0 Å². The molecule has 2 fully saturated rings. The van der Waals surface area contributed by atoms with Crippen molar-refractivity contribution in [3.63, 3.8) is 0 Å². The average molecular weight is 496 g/mol. The molecular formula is C23H41N7O3S. The lowest BCUT2D eigenvalue weighted by atomic mass is 9.97. The zero-order chi connectivity index (χ0) is 24.8. The summed E-state index contributed by atoms with van der Waals surface area (Å²) in [5, 5.41) is 9.72. The van der Waals surface area contributed by atoms with Crippen LogP contribution in [0.25, 0.3) is 0 Å². The third-order valence-corrected chi connectivity index (χ3v) is 7.28. The summed E-state index contributed by atoms with van der Waals surface area (Å²) < 4.78 is 5.48. The molecule has 2 aliphatic rings. The molecule has 0 atom stereocenters. The lowest BCUT2D eigenvalue weighted by molar-refractivity contribution is -0.132. The maximum atomic E-state index is 12.4. The van der Waals surface area contributed by atoms with Gasteiger partial charge in [0.25, 0.3) is 0 Å². The molecule has 0 radical (unpaired) electrons. The number of carbonyl (C=O) groups excluding carboxylic acids is 3. The molecule has 10 nitrogen and oxygen atoms in total. The smallest absolute Gasteiger partial charge is 0.228 e. The summed E-state index contributed by atoms with van der Waals surface area (Å²) in [5.74, 6) is 0.606. The predicted molar refractivity (Wildman–Crippen MR) is 136 cm³/mol. The maximum Gasteiger partial charge on any atom is 0.228 e. The van der Waals surface area contributed by atoms with Crippen molar-refractivity contribution in [2.45, 2.75) is 44.9 Å². The number of nitrogens with one attached hydrogen (secondary N) is 3. The molecule has 2 rings (SSSR count). The van der Waals surface area contributed by atoms with Crippen molar-refractivity contribution in [3.05, 3.63) is 11.9 Å². The number of imide groups is 1. The Morgan fingerprint density at radius 2 is 1.76 bits per heavy atom. The maximum absolute atomic E-state index is 12.4. The molecule has 192 valence electrons. The number of amides is 3. The summed E-state index contributed by atoms with van der Waals surface area (Å²) in [6.07, 6.45) is 9.95. The second kappa shape index (κ2) is 15.7. The van der Waals surface area contributed by atoms with E-state index in [-0.39, 0.29) is 12.3 Å². The van der Waals surface area contributed by atoms with Crippen molar-refractivity contribution >= 4 is 36.6 Å². The molecular weight excluding hydrogens is 454 g/mol. The topological polar surface area (TPSA) is 112 Å². The van der Waals surface area contributed by atoms with Crippen LogP contribution in [0.15, 0.2) is 11.9 Å². The molecule has 34 heavy (non-hydrogen) atoms. The van der Waals surface area contributed by atoms with Gasteiger partial charge in [-0.2, -0.15) is 0 Å². The van der Waals surface area contributed by atoms with E-state index in [0.29, 0.717) is 36.9 Å². The van der Waals surface area contributed by atoms with E-state index in [4.69, 9.17) is 5.41 Å². The van der Waals surface area contributed by atoms with Gasteiger partial charge in [0.05, 0.1) is 5.70 Å². The van der Waals surface area contributed by atoms with E-state index in [1.807, 2.05) is 4.90 Å². The molecule has 0 bridgehead atoms. The van der Waals surface area contributed by atoms with Crippen molar-refractivity contribution < 1.29 is 14.4 Å². The van der Waals surface area contributed by atoms with Gasteiger partial charge in [0.1, 0.15) is 0 Å². The van der Waals surface area contributed by atoms with E-state index < -0.39 is 0 Å². The minimum absolute atomic E-state index is 0.182. The van der Waals surface area contributed by atoms with E-state index in [1.165, 1.54) is 24.8 Å². The number of likely N-dealkylation sites (tertiary alicyclic amines) is 1. The normalized spacial score (nSPS) is 18.0. The van der Waals surface area contributed by atoms with Gasteiger partial charge in [-0.15, -0.1) is 0 Å². The van der Waals surface area contributed by atoms with Gasteiger partial charge in [-0.05, 0) is 45.1 Å². The van der Waals surface area contributed by atoms with Crippen LogP contribution in [-0.2, 0) is 14.4 Å². The zero-order valence-electron chi connectivity index (χ0n) is 20.6. The van der Waals surface area contributed by atoms with Crippen LogP contribution in [0.2, 0.25) is 0 Å². The quantitative estimate of drug-likeness (QED) is 0.188. The fourth-order valence-electron chi connectivity index (χ4n) is 4.26. The Morgan fingerprint density at radius 1 is 1.06 bits per heavy atom. The number of allylic oxidation sites excluding steroid dienone is 1. The summed E-state index contributed by atoms with van der Waals surface area (Å²) in [6, 6.07) is 0. The molecule has 0 spiro atoms. The fourth-order valence-corrected chi connectivity index (χ4v) is 4.98. The van der Waals surface area contributed by atoms with Gasteiger partial charge >= 0.3 is 0 Å². The van der Waals surface area contributed by atoms with Crippen LogP contribution >= 0.6 is 12.1 Å². The number of hydrogen-bond donors (Lipinski definition) is 3. The molecule has 3 N–H and O–H groups in total. The number of piperidine rings is 2. The van der Waals surface area contributed by atoms with E-state index in [1.54, 1.807) is 18.1 Å². The summed E-state index contributed by atoms with van der Waals surface area (Å²) in [6.45, 7) is 6.09. The van der Waals surface area contributed by atoms with Crippen LogP contribution < -0.4 is 10.0 Å². The van der Waals surface area contributed by atoms with E-state index in [2.05, 4.69) is 26.3 Å². The molecule has 11 heteroatoms. The molecule has 3 amide bonds. The third-order valence-electron chi connectivity index (χ3n) is 6.43. The molecule has 0 unspecified atom stereocenters. The molecule has 2 saturated heterocycles. The third kappa shape index (κ3) is 10.4. The fraction of sp³-hybridized carbons (Fsp3) is 0.739. The zero-order valence-corrected chi connectivity index (χ0v) is 21.4. The highest BCUT2D eigenvalue weighted by Gasteiger charge is 2.22.